The highest BCUT2D eigenvalue weighted by Crippen LogP contribution is 2.25. The van der Waals surface area contributed by atoms with Gasteiger partial charge in [0.1, 0.15) is 18.5 Å². The molecule has 1 heterocycles. The van der Waals surface area contributed by atoms with Crippen molar-refractivity contribution in [2.24, 2.45) is 0 Å². The fourth-order valence-electron chi connectivity index (χ4n) is 3.70. The lowest BCUT2D eigenvalue weighted by Gasteiger charge is -2.40. The Morgan fingerprint density at radius 2 is 1.65 bits per heavy atom. The number of hydrogen-bond acceptors (Lipinski definition) is 3. The number of β-amino-alcohol motifs (C(OH)–C–C–N with tert-alkyl or cyclic N) is 1. The van der Waals surface area contributed by atoms with Gasteiger partial charge in [-0.05, 0) is 58.6 Å². The SMILES string of the molecule is Cc1cc(C)c(OCC(O)CN2C(C)CCCC2C)c(C)c1.[Cl-]. The predicted molar refractivity (Wildman–Crippen MR) is 91.6 cm³/mol. The molecule has 4 heteroatoms. The lowest BCUT2D eigenvalue weighted by molar-refractivity contribution is -0.00000690. The van der Waals surface area contributed by atoms with Gasteiger partial charge in [-0.2, -0.15) is 0 Å². The molecule has 1 aliphatic heterocycles. The van der Waals surface area contributed by atoms with E-state index in [4.69, 9.17) is 4.74 Å². The maximum absolute atomic E-state index is 10.4. The van der Waals surface area contributed by atoms with E-state index in [2.05, 4.69) is 51.7 Å². The first-order chi connectivity index (χ1) is 10.4. The third-order valence-electron chi connectivity index (χ3n) is 4.82. The van der Waals surface area contributed by atoms with Gasteiger partial charge in [0.15, 0.2) is 0 Å². The van der Waals surface area contributed by atoms with Gasteiger partial charge < -0.3 is 22.3 Å². The molecule has 1 N–H and O–H groups in total. The number of piperidine rings is 1. The Hall–Kier alpha value is -0.770. The summed E-state index contributed by atoms with van der Waals surface area (Å²) in [5.41, 5.74) is 3.53. The lowest BCUT2D eigenvalue weighted by atomic mass is 9.97. The highest BCUT2D eigenvalue weighted by molar-refractivity contribution is 5.42. The van der Waals surface area contributed by atoms with Crippen LogP contribution in [0.1, 0.15) is 49.8 Å². The molecule has 0 saturated carbocycles. The summed E-state index contributed by atoms with van der Waals surface area (Å²) in [6.07, 6.45) is 3.32. The van der Waals surface area contributed by atoms with Crippen molar-refractivity contribution in [1.29, 1.82) is 0 Å². The van der Waals surface area contributed by atoms with Gasteiger partial charge in [-0.3, -0.25) is 4.90 Å². The molecule has 0 bridgehead atoms. The van der Waals surface area contributed by atoms with Crippen LogP contribution in [0.15, 0.2) is 12.1 Å². The van der Waals surface area contributed by atoms with Crippen molar-refractivity contribution in [3.8, 4) is 5.75 Å². The Bertz CT molecular complexity index is 473. The molecule has 1 fully saturated rings. The summed E-state index contributed by atoms with van der Waals surface area (Å²) in [5, 5.41) is 10.4. The topological polar surface area (TPSA) is 32.7 Å². The van der Waals surface area contributed by atoms with Crippen LogP contribution in [0.2, 0.25) is 0 Å². The maximum atomic E-state index is 10.4. The van der Waals surface area contributed by atoms with Gasteiger partial charge in [0.25, 0.3) is 0 Å². The maximum Gasteiger partial charge on any atom is 0.125 e. The second-order valence-corrected chi connectivity index (χ2v) is 7.02. The average Bonchev–Trinajstić information content (AvgIpc) is 2.42. The van der Waals surface area contributed by atoms with E-state index in [1.807, 2.05) is 0 Å². The molecule has 2 rings (SSSR count). The zero-order valence-electron chi connectivity index (χ0n) is 15.1. The van der Waals surface area contributed by atoms with Gasteiger partial charge in [0.2, 0.25) is 0 Å². The number of likely N-dealkylation sites (tertiary alicyclic amines) is 1. The second-order valence-electron chi connectivity index (χ2n) is 7.02. The van der Waals surface area contributed by atoms with E-state index in [-0.39, 0.29) is 12.4 Å². The Balaban J connectivity index is 0.00000264. The molecule has 1 aromatic carbocycles. The lowest BCUT2D eigenvalue weighted by Crippen LogP contribution is -3.00. The number of halogens is 1. The van der Waals surface area contributed by atoms with Crippen LogP contribution < -0.4 is 17.1 Å². The quantitative estimate of drug-likeness (QED) is 0.853. The van der Waals surface area contributed by atoms with Crippen LogP contribution in [0, 0.1) is 20.8 Å². The molecule has 23 heavy (non-hydrogen) atoms. The van der Waals surface area contributed by atoms with E-state index in [0.29, 0.717) is 25.2 Å². The third kappa shape index (κ3) is 5.37. The minimum Gasteiger partial charge on any atom is -1.00 e. The largest absolute Gasteiger partial charge is 1.00 e. The van der Waals surface area contributed by atoms with Gasteiger partial charge >= 0.3 is 0 Å². The standard InChI is InChI=1S/C19H31NO2.ClH/c1-13-9-14(2)19(15(3)10-13)22-12-18(21)11-20-16(4)7-6-8-17(20)5;/h9-10,16-18,21H,6-8,11-12H2,1-5H3;1H/p-1. The molecule has 3 nitrogen and oxygen atoms in total. The van der Waals surface area contributed by atoms with E-state index < -0.39 is 6.10 Å². The van der Waals surface area contributed by atoms with Crippen molar-refractivity contribution in [2.45, 2.75) is 72.1 Å². The zero-order chi connectivity index (χ0) is 16.3. The summed E-state index contributed by atoms with van der Waals surface area (Å²) in [7, 11) is 0. The van der Waals surface area contributed by atoms with Crippen molar-refractivity contribution in [3.05, 3.63) is 28.8 Å². The number of nitrogens with zero attached hydrogens (tertiary/aromatic N) is 1. The summed E-state index contributed by atoms with van der Waals surface area (Å²) < 4.78 is 5.92. The molecule has 3 unspecified atom stereocenters. The number of rotatable bonds is 5. The van der Waals surface area contributed by atoms with Crippen LogP contribution in [-0.4, -0.2) is 41.3 Å². The van der Waals surface area contributed by atoms with Gasteiger partial charge in [0, 0.05) is 18.6 Å². The molecule has 1 aromatic rings. The molecule has 0 amide bonds. The summed E-state index contributed by atoms with van der Waals surface area (Å²) >= 11 is 0. The van der Waals surface area contributed by atoms with Crippen LogP contribution in [-0.2, 0) is 0 Å². The van der Waals surface area contributed by atoms with Gasteiger partial charge in [-0.1, -0.05) is 24.1 Å². The first kappa shape index (κ1) is 20.3. The number of aryl methyl sites for hydroxylation is 3. The molecule has 132 valence electrons. The van der Waals surface area contributed by atoms with E-state index in [1.54, 1.807) is 0 Å². The Morgan fingerprint density at radius 1 is 1.13 bits per heavy atom. The van der Waals surface area contributed by atoms with Gasteiger partial charge in [0.05, 0.1) is 0 Å². The number of ether oxygens (including phenoxy) is 1. The summed E-state index contributed by atoms with van der Waals surface area (Å²) in [5.74, 6) is 0.921. The van der Waals surface area contributed by atoms with E-state index in [0.717, 1.165) is 16.9 Å². The Labute approximate surface area is 147 Å². The van der Waals surface area contributed by atoms with E-state index in [1.165, 1.54) is 24.8 Å². The van der Waals surface area contributed by atoms with Crippen LogP contribution in [0.25, 0.3) is 0 Å². The zero-order valence-corrected chi connectivity index (χ0v) is 15.9. The minimum absolute atomic E-state index is 0. The number of aliphatic hydroxyl groups is 1. The third-order valence-corrected chi connectivity index (χ3v) is 4.82. The van der Waals surface area contributed by atoms with Crippen molar-refractivity contribution >= 4 is 0 Å². The molecule has 0 radical (unpaired) electrons. The number of hydrogen-bond donors (Lipinski definition) is 1. The molecule has 1 aliphatic rings. The normalized spacial score (nSPS) is 23.2. The number of benzene rings is 1. The van der Waals surface area contributed by atoms with Crippen LogP contribution in [0.5, 0.6) is 5.75 Å². The van der Waals surface area contributed by atoms with E-state index in [9.17, 15) is 5.11 Å². The predicted octanol–water partition coefficient (Wildman–Crippen LogP) is 0.618. The molecule has 0 aromatic heterocycles. The molecule has 3 atom stereocenters. The fourth-order valence-corrected chi connectivity index (χ4v) is 3.70. The second kappa shape index (κ2) is 8.91. The van der Waals surface area contributed by atoms with Crippen molar-refractivity contribution < 1.29 is 22.3 Å². The van der Waals surface area contributed by atoms with E-state index >= 15 is 0 Å². The molecular weight excluding hydrogens is 310 g/mol. The first-order valence-electron chi connectivity index (χ1n) is 8.53. The molecule has 0 spiro atoms. The summed E-state index contributed by atoms with van der Waals surface area (Å²) in [6.45, 7) is 11.8. The van der Waals surface area contributed by atoms with Crippen LogP contribution in [0.3, 0.4) is 0 Å². The molecule has 0 aliphatic carbocycles. The van der Waals surface area contributed by atoms with Gasteiger partial charge in [-0.15, -0.1) is 0 Å². The smallest absolute Gasteiger partial charge is 0.125 e. The highest BCUT2D eigenvalue weighted by atomic mass is 35.5. The number of aliphatic hydroxyl groups excluding tert-OH is 1. The van der Waals surface area contributed by atoms with Crippen LogP contribution in [0.4, 0.5) is 0 Å². The Morgan fingerprint density at radius 3 is 2.17 bits per heavy atom. The van der Waals surface area contributed by atoms with Gasteiger partial charge in [-0.25, -0.2) is 0 Å². The van der Waals surface area contributed by atoms with Crippen molar-refractivity contribution in [2.75, 3.05) is 13.2 Å². The highest BCUT2D eigenvalue weighted by Gasteiger charge is 2.26. The summed E-state index contributed by atoms with van der Waals surface area (Å²) in [6, 6.07) is 5.37. The Kier molecular flexibility index (Phi) is 7.85. The molecular formula is C19H31ClNO2-. The summed E-state index contributed by atoms with van der Waals surface area (Å²) in [4.78, 5) is 2.42. The van der Waals surface area contributed by atoms with Crippen molar-refractivity contribution in [1.82, 2.24) is 4.90 Å². The monoisotopic (exact) mass is 340 g/mol. The fraction of sp³-hybridized carbons (Fsp3) is 0.684. The van der Waals surface area contributed by atoms with Crippen molar-refractivity contribution in [3.63, 3.8) is 0 Å². The average molecular weight is 341 g/mol. The minimum atomic E-state index is -0.442. The van der Waals surface area contributed by atoms with Crippen LogP contribution >= 0.6 is 0 Å². The molecule has 1 saturated heterocycles. The first-order valence-corrected chi connectivity index (χ1v) is 8.53.